The Kier molecular flexibility index (Phi) is 3.72. The molecule has 2 rings (SSSR count). The maximum atomic E-state index is 13.0. The molecule has 9 heteroatoms. The second-order valence-corrected chi connectivity index (χ2v) is 4.41. The molecule has 0 aromatic heterocycles. The van der Waals surface area contributed by atoms with Crippen molar-refractivity contribution in [2.45, 2.75) is 30.5 Å². The second-order valence-electron chi connectivity index (χ2n) is 4.41. The van der Waals surface area contributed by atoms with E-state index in [0.29, 0.717) is 0 Å². The zero-order valence-electron chi connectivity index (χ0n) is 9.86. The Morgan fingerprint density at radius 1 is 1.58 bits per heavy atom. The molecule has 7 nitrogen and oxygen atoms in total. The highest BCUT2D eigenvalue weighted by molar-refractivity contribution is 5.91. The molecule has 108 valence electrons. The number of halogens is 2. The summed E-state index contributed by atoms with van der Waals surface area (Å²) in [5.41, 5.74) is 2.91. The Morgan fingerprint density at radius 3 is 2.68 bits per heavy atom. The molecule has 0 aromatic rings. The van der Waals surface area contributed by atoms with Gasteiger partial charge in [-0.2, -0.15) is 0 Å². The van der Waals surface area contributed by atoms with Crippen molar-refractivity contribution in [1.82, 2.24) is 4.90 Å². The van der Waals surface area contributed by atoms with Crippen LogP contribution in [0.25, 0.3) is 0 Å². The maximum absolute atomic E-state index is 13.0. The van der Waals surface area contributed by atoms with Crippen LogP contribution < -0.4 is 5.73 Å². The Balaban J connectivity index is 2.19. The van der Waals surface area contributed by atoms with E-state index in [1.165, 1.54) is 17.2 Å². The van der Waals surface area contributed by atoms with Gasteiger partial charge in [-0.1, -0.05) is 0 Å². The van der Waals surface area contributed by atoms with E-state index in [4.69, 9.17) is 15.6 Å². The average Bonchev–Trinajstić information content (AvgIpc) is 2.65. The van der Waals surface area contributed by atoms with E-state index in [9.17, 15) is 19.0 Å². The fraction of sp³-hybridized carbons (Fsp3) is 0.700. The van der Waals surface area contributed by atoms with Crippen LogP contribution in [0.4, 0.5) is 8.78 Å². The van der Waals surface area contributed by atoms with E-state index >= 15 is 0 Å². The van der Waals surface area contributed by atoms with Crippen LogP contribution in [0.2, 0.25) is 0 Å². The molecular weight excluding hydrogens is 264 g/mol. The molecule has 0 spiro atoms. The number of aliphatic hydroxyl groups excluding tert-OH is 3. The molecule has 1 fully saturated rings. The van der Waals surface area contributed by atoms with Crippen molar-refractivity contribution < 1.29 is 28.8 Å². The number of hydrogen-bond donors (Lipinski definition) is 4. The van der Waals surface area contributed by atoms with Gasteiger partial charge in [-0.15, -0.1) is 0 Å². The molecule has 5 N–H and O–H groups in total. The van der Waals surface area contributed by atoms with Crippen LogP contribution in [0, 0.1) is 0 Å². The minimum absolute atomic E-state index is 0.00151. The molecule has 4 atom stereocenters. The van der Waals surface area contributed by atoms with Crippen LogP contribution in [0.3, 0.4) is 0 Å². The van der Waals surface area contributed by atoms with Gasteiger partial charge in [-0.05, 0) is 6.08 Å². The Labute approximate surface area is 107 Å². The maximum Gasteiger partial charge on any atom is 0.272 e. The molecule has 0 saturated carbocycles. The van der Waals surface area contributed by atoms with Crippen LogP contribution in [0.15, 0.2) is 17.3 Å². The van der Waals surface area contributed by atoms with E-state index in [1.807, 2.05) is 0 Å². The summed E-state index contributed by atoms with van der Waals surface area (Å²) in [7, 11) is 0. The molecule has 2 heterocycles. The van der Waals surface area contributed by atoms with E-state index in [1.54, 1.807) is 0 Å². The van der Waals surface area contributed by atoms with Crippen LogP contribution in [-0.4, -0.2) is 69.8 Å². The number of ether oxygens (including phenoxy) is 1. The summed E-state index contributed by atoms with van der Waals surface area (Å²) in [6.07, 6.45) is -5.05. The fourth-order valence-corrected chi connectivity index (χ4v) is 2.05. The van der Waals surface area contributed by atoms with Gasteiger partial charge in [0.1, 0.15) is 24.7 Å². The molecule has 0 radical (unpaired) electrons. The lowest BCUT2D eigenvalue weighted by atomic mass is 9.96. The summed E-state index contributed by atoms with van der Waals surface area (Å²) in [5, 5.41) is 28.6. The van der Waals surface area contributed by atoms with Gasteiger partial charge in [0, 0.05) is 6.20 Å². The summed E-state index contributed by atoms with van der Waals surface area (Å²) in [5.74, 6) is 0.256. The first-order valence-electron chi connectivity index (χ1n) is 5.59. The first-order valence-corrected chi connectivity index (χ1v) is 5.59. The molecule has 0 unspecified atom stereocenters. The monoisotopic (exact) mass is 279 g/mol. The lowest BCUT2D eigenvalue weighted by Gasteiger charge is -2.31. The van der Waals surface area contributed by atoms with Gasteiger partial charge in [0.15, 0.2) is 11.8 Å². The molecular formula is C10H15F2N3O4. The summed E-state index contributed by atoms with van der Waals surface area (Å²) < 4.78 is 31.0. The van der Waals surface area contributed by atoms with Crippen molar-refractivity contribution in [3.8, 4) is 0 Å². The third-order valence-electron chi connectivity index (χ3n) is 3.25. The van der Waals surface area contributed by atoms with Crippen LogP contribution in [-0.2, 0) is 4.74 Å². The number of amidine groups is 1. The van der Waals surface area contributed by atoms with Crippen molar-refractivity contribution in [3.05, 3.63) is 12.3 Å². The zero-order chi connectivity index (χ0) is 14.2. The normalized spacial score (nSPS) is 38.9. The topological polar surface area (TPSA) is 112 Å². The van der Waals surface area contributed by atoms with Crippen LogP contribution >= 0.6 is 0 Å². The standard InChI is InChI=1S/C10H15F2N3O4/c11-9(12)10(3-16)7(18)6(17)8(19-10)15-2-1-5(13)14-4-15/h1-2,6-9,16-18H,3-4H2,(H2,13,14)/t6-,7+,8-,10-/m1/s1. The first kappa shape index (κ1) is 14.1. The molecule has 0 amide bonds. The fourth-order valence-electron chi connectivity index (χ4n) is 2.05. The highest BCUT2D eigenvalue weighted by Crippen LogP contribution is 2.37. The van der Waals surface area contributed by atoms with E-state index in [2.05, 4.69) is 4.99 Å². The largest absolute Gasteiger partial charge is 0.393 e. The molecule has 0 bridgehead atoms. The van der Waals surface area contributed by atoms with Crippen LogP contribution in [0.5, 0.6) is 0 Å². The first-order chi connectivity index (χ1) is 8.92. The zero-order valence-corrected chi connectivity index (χ0v) is 9.86. The van der Waals surface area contributed by atoms with Crippen molar-refractivity contribution in [2.24, 2.45) is 10.7 Å². The number of hydrogen-bond acceptors (Lipinski definition) is 7. The van der Waals surface area contributed by atoms with Gasteiger partial charge in [-0.25, -0.2) is 13.8 Å². The Hall–Kier alpha value is -1.29. The van der Waals surface area contributed by atoms with Crippen molar-refractivity contribution in [3.63, 3.8) is 0 Å². The van der Waals surface area contributed by atoms with Gasteiger partial charge in [0.05, 0.1) is 6.61 Å². The van der Waals surface area contributed by atoms with Gasteiger partial charge >= 0.3 is 0 Å². The highest BCUT2D eigenvalue weighted by atomic mass is 19.3. The predicted molar refractivity (Wildman–Crippen MR) is 60.2 cm³/mol. The number of aliphatic imine (C=N–C) groups is 1. The Morgan fingerprint density at radius 2 is 2.26 bits per heavy atom. The van der Waals surface area contributed by atoms with Crippen molar-refractivity contribution >= 4 is 5.84 Å². The van der Waals surface area contributed by atoms with E-state index in [0.717, 1.165) is 0 Å². The molecule has 0 aromatic carbocycles. The smallest absolute Gasteiger partial charge is 0.272 e. The van der Waals surface area contributed by atoms with Crippen molar-refractivity contribution in [1.29, 1.82) is 0 Å². The molecule has 2 aliphatic heterocycles. The minimum atomic E-state index is -3.14. The molecule has 19 heavy (non-hydrogen) atoms. The lowest BCUT2D eigenvalue weighted by molar-refractivity contribution is -0.200. The number of alkyl halides is 2. The van der Waals surface area contributed by atoms with E-state index < -0.39 is 37.1 Å². The summed E-state index contributed by atoms with van der Waals surface area (Å²) in [4.78, 5) is 5.15. The molecule has 2 aliphatic rings. The van der Waals surface area contributed by atoms with Gasteiger partial charge in [0.2, 0.25) is 0 Å². The summed E-state index contributed by atoms with van der Waals surface area (Å²) in [6.45, 7) is -1.11. The van der Waals surface area contributed by atoms with Gasteiger partial charge in [-0.3, -0.25) is 0 Å². The lowest BCUT2D eigenvalue weighted by Crippen LogP contribution is -2.52. The van der Waals surface area contributed by atoms with E-state index in [-0.39, 0.29) is 12.5 Å². The SMILES string of the molecule is NC1=NCN([C@@H]2O[C@@](CO)(C(F)F)[C@@H](O)[C@H]2O)C=C1. The number of rotatable bonds is 3. The third-order valence-corrected chi connectivity index (χ3v) is 3.25. The minimum Gasteiger partial charge on any atom is -0.393 e. The second kappa shape index (κ2) is 5.00. The number of nitrogens with zero attached hydrogens (tertiary/aromatic N) is 2. The molecule has 1 saturated heterocycles. The predicted octanol–water partition coefficient (Wildman–Crippen LogP) is -1.80. The Bertz CT molecular complexity index is 406. The highest BCUT2D eigenvalue weighted by Gasteiger charge is 2.60. The number of nitrogens with two attached hydrogens (primary N) is 1. The third kappa shape index (κ3) is 2.18. The number of aliphatic hydroxyl groups is 3. The van der Waals surface area contributed by atoms with Crippen LogP contribution in [0.1, 0.15) is 0 Å². The summed E-state index contributed by atoms with van der Waals surface area (Å²) in [6, 6.07) is 0. The van der Waals surface area contributed by atoms with Crippen molar-refractivity contribution in [2.75, 3.05) is 13.3 Å². The summed E-state index contributed by atoms with van der Waals surface area (Å²) >= 11 is 0. The quantitative estimate of drug-likeness (QED) is 0.485. The van der Waals surface area contributed by atoms with Gasteiger partial charge < -0.3 is 30.7 Å². The molecule has 0 aliphatic carbocycles. The van der Waals surface area contributed by atoms with Gasteiger partial charge in [0.25, 0.3) is 6.43 Å². The average molecular weight is 279 g/mol.